The van der Waals surface area contributed by atoms with E-state index in [1.807, 2.05) is 45.3 Å². The SMILES string of the molecule is Cc1ccc(-c2nc(-c3noc4ccc(C(=O)NCCCN(C)C)cc34)co2)cc1. The molecule has 0 saturated carbocycles. The summed E-state index contributed by atoms with van der Waals surface area (Å²) in [6, 6.07) is 13.2. The molecule has 2 heterocycles. The Morgan fingerprint density at radius 1 is 1.13 bits per heavy atom. The summed E-state index contributed by atoms with van der Waals surface area (Å²) >= 11 is 0. The Hall–Kier alpha value is -3.45. The molecule has 7 heteroatoms. The van der Waals surface area contributed by atoms with Crippen molar-refractivity contribution in [3.05, 3.63) is 59.9 Å². The van der Waals surface area contributed by atoms with Crippen molar-refractivity contribution < 1.29 is 13.7 Å². The van der Waals surface area contributed by atoms with Gasteiger partial charge in [0.25, 0.3) is 5.91 Å². The van der Waals surface area contributed by atoms with Crippen molar-refractivity contribution in [2.45, 2.75) is 13.3 Å². The molecule has 0 unspecified atom stereocenters. The normalized spacial score (nSPS) is 11.3. The number of aromatic nitrogens is 2. The van der Waals surface area contributed by atoms with Crippen LogP contribution < -0.4 is 5.32 Å². The molecule has 0 atom stereocenters. The third kappa shape index (κ3) is 4.26. The lowest BCUT2D eigenvalue weighted by atomic mass is 10.1. The zero-order chi connectivity index (χ0) is 21.1. The fourth-order valence-corrected chi connectivity index (χ4v) is 3.18. The average molecular weight is 404 g/mol. The van der Waals surface area contributed by atoms with Crippen LogP contribution in [0.15, 0.2) is 57.7 Å². The van der Waals surface area contributed by atoms with Gasteiger partial charge >= 0.3 is 0 Å². The molecule has 0 aliphatic heterocycles. The molecular formula is C23H24N4O3. The number of benzene rings is 2. The molecule has 4 rings (SSSR count). The van der Waals surface area contributed by atoms with E-state index < -0.39 is 0 Å². The number of nitrogens with zero attached hydrogens (tertiary/aromatic N) is 3. The predicted molar refractivity (Wildman–Crippen MR) is 115 cm³/mol. The molecule has 2 aromatic heterocycles. The average Bonchev–Trinajstić information content (AvgIpc) is 3.38. The molecule has 0 saturated heterocycles. The minimum absolute atomic E-state index is 0.122. The van der Waals surface area contributed by atoms with Crippen LogP contribution in [0.25, 0.3) is 33.8 Å². The molecule has 1 amide bonds. The highest BCUT2D eigenvalue weighted by atomic mass is 16.5. The third-order valence-electron chi connectivity index (χ3n) is 4.85. The third-order valence-corrected chi connectivity index (χ3v) is 4.85. The van der Waals surface area contributed by atoms with Crippen LogP contribution in [0, 0.1) is 6.92 Å². The second kappa shape index (κ2) is 8.51. The Morgan fingerprint density at radius 2 is 1.93 bits per heavy atom. The van der Waals surface area contributed by atoms with Crippen molar-refractivity contribution >= 4 is 16.9 Å². The Balaban J connectivity index is 1.56. The molecule has 1 N–H and O–H groups in total. The number of carbonyl (C=O) groups is 1. The summed E-state index contributed by atoms with van der Waals surface area (Å²) in [4.78, 5) is 19.2. The first kappa shape index (κ1) is 19.8. The van der Waals surface area contributed by atoms with Crippen LogP contribution in [0.2, 0.25) is 0 Å². The van der Waals surface area contributed by atoms with Crippen molar-refractivity contribution in [1.29, 1.82) is 0 Å². The van der Waals surface area contributed by atoms with Gasteiger partial charge in [-0.05, 0) is 64.3 Å². The molecule has 7 nitrogen and oxygen atoms in total. The largest absolute Gasteiger partial charge is 0.444 e. The van der Waals surface area contributed by atoms with Gasteiger partial charge in [-0.25, -0.2) is 4.98 Å². The minimum Gasteiger partial charge on any atom is -0.444 e. The highest BCUT2D eigenvalue weighted by Gasteiger charge is 2.17. The van der Waals surface area contributed by atoms with Crippen LogP contribution in [0.3, 0.4) is 0 Å². The molecule has 0 spiro atoms. The summed E-state index contributed by atoms with van der Waals surface area (Å²) in [5.41, 5.74) is 4.31. The second-order valence-electron chi connectivity index (χ2n) is 7.56. The van der Waals surface area contributed by atoms with Crippen LogP contribution in [0.1, 0.15) is 22.3 Å². The van der Waals surface area contributed by atoms with E-state index in [9.17, 15) is 4.79 Å². The topological polar surface area (TPSA) is 84.4 Å². The van der Waals surface area contributed by atoms with Crippen molar-refractivity contribution in [3.63, 3.8) is 0 Å². The lowest BCUT2D eigenvalue weighted by Gasteiger charge is -2.09. The Bertz CT molecular complexity index is 1160. The van der Waals surface area contributed by atoms with Gasteiger partial charge in [-0.1, -0.05) is 22.9 Å². The van der Waals surface area contributed by atoms with E-state index in [0.29, 0.717) is 35.0 Å². The molecule has 0 bridgehead atoms. The number of fused-ring (bicyclic) bond motifs is 1. The summed E-state index contributed by atoms with van der Waals surface area (Å²) in [5.74, 6) is 0.388. The molecule has 0 radical (unpaired) electrons. The first-order chi connectivity index (χ1) is 14.5. The maximum Gasteiger partial charge on any atom is 0.251 e. The van der Waals surface area contributed by atoms with E-state index in [0.717, 1.165) is 23.9 Å². The molecule has 0 aliphatic carbocycles. The van der Waals surface area contributed by atoms with E-state index in [2.05, 4.69) is 20.4 Å². The second-order valence-corrected chi connectivity index (χ2v) is 7.56. The van der Waals surface area contributed by atoms with Crippen LogP contribution in [0.4, 0.5) is 0 Å². The number of aryl methyl sites for hydroxylation is 1. The lowest BCUT2D eigenvalue weighted by Crippen LogP contribution is -2.27. The van der Waals surface area contributed by atoms with Gasteiger partial charge in [0.2, 0.25) is 5.89 Å². The summed E-state index contributed by atoms with van der Waals surface area (Å²) in [7, 11) is 4.02. The van der Waals surface area contributed by atoms with Gasteiger partial charge in [-0.2, -0.15) is 0 Å². The molecule has 4 aromatic rings. The van der Waals surface area contributed by atoms with Crippen molar-refractivity contribution in [1.82, 2.24) is 20.4 Å². The van der Waals surface area contributed by atoms with Gasteiger partial charge in [-0.15, -0.1) is 0 Å². The van der Waals surface area contributed by atoms with Crippen LogP contribution in [0.5, 0.6) is 0 Å². The van der Waals surface area contributed by atoms with Gasteiger partial charge in [0.1, 0.15) is 17.7 Å². The smallest absolute Gasteiger partial charge is 0.251 e. The zero-order valence-electron chi connectivity index (χ0n) is 17.3. The molecule has 30 heavy (non-hydrogen) atoms. The van der Waals surface area contributed by atoms with E-state index >= 15 is 0 Å². The number of hydrogen-bond acceptors (Lipinski definition) is 6. The van der Waals surface area contributed by atoms with E-state index in [1.165, 1.54) is 5.56 Å². The summed E-state index contributed by atoms with van der Waals surface area (Å²) in [6.45, 7) is 3.57. The van der Waals surface area contributed by atoms with Gasteiger partial charge in [0, 0.05) is 17.7 Å². The lowest BCUT2D eigenvalue weighted by molar-refractivity contribution is 0.0952. The zero-order valence-corrected chi connectivity index (χ0v) is 17.3. The number of oxazole rings is 1. The van der Waals surface area contributed by atoms with Crippen LogP contribution in [-0.2, 0) is 0 Å². The maximum atomic E-state index is 12.5. The monoisotopic (exact) mass is 404 g/mol. The molecule has 154 valence electrons. The van der Waals surface area contributed by atoms with Crippen molar-refractivity contribution in [2.75, 3.05) is 27.2 Å². The Morgan fingerprint density at radius 3 is 2.70 bits per heavy atom. The molecular weight excluding hydrogens is 380 g/mol. The molecule has 0 aliphatic rings. The number of hydrogen-bond donors (Lipinski definition) is 1. The quantitative estimate of drug-likeness (QED) is 0.466. The van der Waals surface area contributed by atoms with Gasteiger partial charge in [-0.3, -0.25) is 4.79 Å². The van der Waals surface area contributed by atoms with E-state index in [4.69, 9.17) is 8.94 Å². The highest BCUT2D eigenvalue weighted by Crippen LogP contribution is 2.30. The summed E-state index contributed by atoms with van der Waals surface area (Å²) < 4.78 is 11.1. The van der Waals surface area contributed by atoms with Crippen LogP contribution in [-0.4, -0.2) is 48.1 Å². The van der Waals surface area contributed by atoms with Gasteiger partial charge in [0.15, 0.2) is 5.58 Å². The predicted octanol–water partition coefficient (Wildman–Crippen LogP) is 4.14. The first-order valence-electron chi connectivity index (χ1n) is 9.86. The number of nitrogens with one attached hydrogen (secondary N) is 1. The highest BCUT2D eigenvalue weighted by molar-refractivity contribution is 6.00. The first-order valence-corrected chi connectivity index (χ1v) is 9.86. The maximum absolute atomic E-state index is 12.5. The minimum atomic E-state index is -0.122. The summed E-state index contributed by atoms with van der Waals surface area (Å²) in [5, 5.41) is 7.82. The van der Waals surface area contributed by atoms with Crippen molar-refractivity contribution in [2.24, 2.45) is 0 Å². The number of rotatable bonds is 7. The molecule has 2 aromatic carbocycles. The fraction of sp³-hybridized carbons (Fsp3) is 0.261. The number of amides is 1. The summed E-state index contributed by atoms with van der Waals surface area (Å²) in [6.07, 6.45) is 2.45. The fourth-order valence-electron chi connectivity index (χ4n) is 3.18. The van der Waals surface area contributed by atoms with E-state index in [1.54, 1.807) is 24.5 Å². The van der Waals surface area contributed by atoms with Crippen molar-refractivity contribution in [3.8, 4) is 22.8 Å². The molecule has 0 fully saturated rings. The number of carbonyl (C=O) groups excluding carboxylic acids is 1. The Kier molecular flexibility index (Phi) is 5.63. The van der Waals surface area contributed by atoms with Gasteiger partial charge in [0.05, 0.1) is 5.39 Å². The standard InChI is InChI=1S/C23H24N4O3/c1-15-5-7-16(8-6-15)23-25-19(14-29-23)21-18-13-17(9-10-20(18)30-26-21)22(28)24-11-4-12-27(2)3/h5-10,13-14H,4,11-12H2,1-3H3,(H,24,28). The van der Waals surface area contributed by atoms with Gasteiger partial charge < -0.3 is 19.2 Å². The van der Waals surface area contributed by atoms with Crippen LogP contribution >= 0.6 is 0 Å². The van der Waals surface area contributed by atoms with E-state index in [-0.39, 0.29) is 5.91 Å². The Labute approximate surface area is 174 Å².